The van der Waals surface area contributed by atoms with Gasteiger partial charge >= 0.3 is 5.97 Å². The molecule has 2 aliphatic heterocycles. The SMILES string of the molecule is Cn1cncc1C[C@H](NCc1ccc2c(c1)COC2=C1C(=O)Nc2ccc(F)cc21)C(=O)O. The molecule has 1 aromatic heterocycles. The number of hydrogen-bond acceptors (Lipinski definition) is 5. The summed E-state index contributed by atoms with van der Waals surface area (Å²) in [5.74, 6) is -1.28. The lowest BCUT2D eigenvalue weighted by atomic mass is 9.99. The molecule has 1 atom stereocenters. The Labute approximate surface area is 188 Å². The number of anilines is 1. The molecule has 0 fully saturated rings. The predicted molar refractivity (Wildman–Crippen MR) is 118 cm³/mol. The summed E-state index contributed by atoms with van der Waals surface area (Å²) in [6.45, 7) is 0.625. The van der Waals surface area contributed by atoms with Gasteiger partial charge in [-0.1, -0.05) is 18.2 Å². The quantitative estimate of drug-likeness (QED) is 0.501. The van der Waals surface area contributed by atoms with E-state index in [1.165, 1.54) is 18.2 Å². The van der Waals surface area contributed by atoms with Gasteiger partial charge in [-0.25, -0.2) is 9.37 Å². The van der Waals surface area contributed by atoms with Crippen LogP contribution in [-0.2, 0) is 40.9 Å². The highest BCUT2D eigenvalue weighted by Crippen LogP contribution is 2.41. The first-order valence-electron chi connectivity index (χ1n) is 10.4. The summed E-state index contributed by atoms with van der Waals surface area (Å²) in [6, 6.07) is 9.03. The summed E-state index contributed by atoms with van der Waals surface area (Å²) >= 11 is 0. The van der Waals surface area contributed by atoms with Gasteiger partial charge in [-0.15, -0.1) is 0 Å². The number of nitrogens with zero attached hydrogens (tertiary/aromatic N) is 2. The van der Waals surface area contributed by atoms with Crippen molar-refractivity contribution in [2.24, 2.45) is 7.05 Å². The molecule has 3 N–H and O–H groups in total. The Bertz CT molecular complexity index is 1310. The lowest BCUT2D eigenvalue weighted by molar-refractivity contribution is -0.139. The van der Waals surface area contributed by atoms with Crippen LogP contribution in [0.4, 0.5) is 10.1 Å². The molecular weight excluding hydrogens is 427 g/mol. The minimum Gasteiger partial charge on any atom is -0.487 e. The van der Waals surface area contributed by atoms with E-state index in [4.69, 9.17) is 4.74 Å². The standard InChI is InChI=1S/C24H21FN4O4/c1-29-12-26-10-16(29)8-20(24(31)32)27-9-13-2-4-17-14(6-13)11-33-22(17)21-18-7-15(25)3-5-19(18)28-23(21)30/h2-7,10,12,20,27H,8-9,11H2,1H3,(H,28,30)(H,31,32)/t20-/m0/s1. The number of rotatable bonds is 6. The fraction of sp³-hybridized carbons (Fsp3) is 0.208. The number of carboxylic acids is 1. The molecule has 0 unspecified atom stereocenters. The van der Waals surface area contributed by atoms with Crippen LogP contribution >= 0.6 is 0 Å². The Morgan fingerprint density at radius 3 is 2.91 bits per heavy atom. The molecule has 3 heterocycles. The molecule has 0 saturated heterocycles. The average molecular weight is 448 g/mol. The summed E-state index contributed by atoms with van der Waals surface area (Å²) in [4.78, 5) is 28.3. The number of amides is 1. The summed E-state index contributed by atoms with van der Waals surface area (Å²) < 4.78 is 21.4. The molecule has 2 aromatic carbocycles. The van der Waals surface area contributed by atoms with Crippen LogP contribution in [-0.4, -0.2) is 32.6 Å². The Hall–Kier alpha value is -3.98. The van der Waals surface area contributed by atoms with Crippen molar-refractivity contribution in [2.75, 3.05) is 5.32 Å². The number of imidazole rings is 1. The molecule has 8 nitrogen and oxygen atoms in total. The number of aliphatic carboxylic acids is 1. The minimum absolute atomic E-state index is 0.275. The van der Waals surface area contributed by atoms with Gasteiger partial charge in [0.1, 0.15) is 24.2 Å². The van der Waals surface area contributed by atoms with Crippen molar-refractivity contribution < 1.29 is 23.8 Å². The van der Waals surface area contributed by atoms with E-state index < -0.39 is 17.8 Å². The fourth-order valence-electron chi connectivity index (χ4n) is 4.18. The molecule has 0 bridgehead atoms. The maximum absolute atomic E-state index is 13.8. The van der Waals surface area contributed by atoms with Gasteiger partial charge in [-0.05, 0) is 23.8 Å². The van der Waals surface area contributed by atoms with Crippen molar-refractivity contribution in [2.45, 2.75) is 25.6 Å². The van der Waals surface area contributed by atoms with Crippen molar-refractivity contribution in [1.29, 1.82) is 0 Å². The number of nitrogens with one attached hydrogen (secondary N) is 2. The first-order valence-corrected chi connectivity index (χ1v) is 10.4. The van der Waals surface area contributed by atoms with Crippen LogP contribution in [0, 0.1) is 5.82 Å². The van der Waals surface area contributed by atoms with E-state index in [9.17, 15) is 19.1 Å². The molecule has 0 aliphatic carbocycles. The molecule has 33 heavy (non-hydrogen) atoms. The van der Waals surface area contributed by atoms with Gasteiger partial charge in [0.2, 0.25) is 0 Å². The van der Waals surface area contributed by atoms with Crippen molar-refractivity contribution in [3.63, 3.8) is 0 Å². The van der Waals surface area contributed by atoms with E-state index in [0.717, 1.165) is 22.4 Å². The largest absolute Gasteiger partial charge is 0.487 e. The van der Waals surface area contributed by atoms with E-state index in [2.05, 4.69) is 15.6 Å². The third kappa shape index (κ3) is 3.87. The molecular formula is C24H21FN4O4. The first-order chi connectivity index (χ1) is 15.9. The number of fused-ring (bicyclic) bond motifs is 2. The smallest absolute Gasteiger partial charge is 0.321 e. The number of carboxylic acid groups (broad SMARTS) is 1. The topological polar surface area (TPSA) is 105 Å². The second-order valence-electron chi connectivity index (χ2n) is 8.10. The predicted octanol–water partition coefficient (Wildman–Crippen LogP) is 2.70. The van der Waals surface area contributed by atoms with Gasteiger partial charge in [0.15, 0.2) is 0 Å². The number of halogens is 1. The minimum atomic E-state index is -0.939. The number of aromatic nitrogens is 2. The third-order valence-corrected chi connectivity index (χ3v) is 5.92. The van der Waals surface area contributed by atoms with Crippen LogP contribution in [0.1, 0.15) is 27.9 Å². The van der Waals surface area contributed by atoms with Gasteiger partial charge in [-0.3, -0.25) is 14.9 Å². The van der Waals surface area contributed by atoms with Crippen molar-refractivity contribution in [3.8, 4) is 0 Å². The molecule has 168 valence electrons. The summed E-state index contributed by atoms with van der Waals surface area (Å²) in [7, 11) is 1.82. The Morgan fingerprint density at radius 2 is 2.15 bits per heavy atom. The van der Waals surface area contributed by atoms with E-state index >= 15 is 0 Å². The molecule has 9 heteroatoms. The number of carbonyl (C=O) groups is 2. The van der Waals surface area contributed by atoms with Gasteiger partial charge in [0, 0.05) is 54.3 Å². The second-order valence-corrected chi connectivity index (χ2v) is 8.10. The van der Waals surface area contributed by atoms with Gasteiger partial charge in [-0.2, -0.15) is 0 Å². The van der Waals surface area contributed by atoms with Crippen LogP contribution in [0.5, 0.6) is 0 Å². The molecule has 1 amide bonds. The van der Waals surface area contributed by atoms with Crippen molar-refractivity contribution in [3.05, 3.63) is 82.7 Å². The van der Waals surface area contributed by atoms with Gasteiger partial charge < -0.3 is 19.7 Å². The van der Waals surface area contributed by atoms with Crippen molar-refractivity contribution in [1.82, 2.24) is 14.9 Å². The summed E-state index contributed by atoms with van der Waals surface area (Å²) in [6.07, 6.45) is 3.60. The third-order valence-electron chi connectivity index (χ3n) is 5.92. The number of ether oxygens (including phenoxy) is 1. The van der Waals surface area contributed by atoms with Gasteiger partial charge in [0.25, 0.3) is 5.91 Å². The Balaban J connectivity index is 1.37. The highest BCUT2D eigenvalue weighted by atomic mass is 19.1. The highest BCUT2D eigenvalue weighted by Gasteiger charge is 2.33. The van der Waals surface area contributed by atoms with Crippen LogP contribution < -0.4 is 10.6 Å². The zero-order valence-electron chi connectivity index (χ0n) is 17.8. The number of carbonyl (C=O) groups excluding carboxylic acids is 1. The van der Waals surface area contributed by atoms with Crippen LogP contribution in [0.25, 0.3) is 11.3 Å². The summed E-state index contributed by atoms with van der Waals surface area (Å²) in [5.41, 5.74) is 4.71. The summed E-state index contributed by atoms with van der Waals surface area (Å²) in [5, 5.41) is 15.4. The van der Waals surface area contributed by atoms with Gasteiger partial charge in [0.05, 0.1) is 11.9 Å². The fourth-order valence-corrected chi connectivity index (χ4v) is 4.18. The van der Waals surface area contributed by atoms with Crippen LogP contribution in [0.3, 0.4) is 0 Å². The molecule has 3 aromatic rings. The van der Waals surface area contributed by atoms with E-state index in [0.29, 0.717) is 35.5 Å². The number of aryl methyl sites for hydroxylation is 1. The second kappa shape index (κ2) is 8.18. The van der Waals surface area contributed by atoms with Crippen molar-refractivity contribution >= 4 is 28.9 Å². The molecule has 0 radical (unpaired) electrons. The molecule has 2 aliphatic rings. The average Bonchev–Trinajstić information content (AvgIpc) is 3.46. The zero-order chi connectivity index (χ0) is 23.1. The molecule has 5 rings (SSSR count). The van der Waals surface area contributed by atoms with Crippen LogP contribution in [0.15, 0.2) is 48.9 Å². The lowest BCUT2D eigenvalue weighted by Crippen LogP contribution is -2.38. The lowest BCUT2D eigenvalue weighted by Gasteiger charge is -2.15. The number of benzene rings is 2. The number of hydrogen-bond donors (Lipinski definition) is 3. The Kier molecular flexibility index (Phi) is 5.18. The molecule has 0 saturated carbocycles. The maximum Gasteiger partial charge on any atom is 0.321 e. The molecule has 0 spiro atoms. The van der Waals surface area contributed by atoms with E-state index in [1.54, 1.807) is 17.1 Å². The van der Waals surface area contributed by atoms with E-state index in [-0.39, 0.29) is 12.5 Å². The first kappa shape index (κ1) is 20.9. The maximum atomic E-state index is 13.8. The highest BCUT2D eigenvalue weighted by molar-refractivity contribution is 6.36. The normalized spacial score (nSPS) is 17.3. The monoisotopic (exact) mass is 448 g/mol. The van der Waals surface area contributed by atoms with E-state index in [1.807, 2.05) is 25.2 Å². The Morgan fingerprint density at radius 1 is 1.30 bits per heavy atom. The zero-order valence-corrected chi connectivity index (χ0v) is 17.8. The van der Waals surface area contributed by atoms with Crippen LogP contribution in [0.2, 0.25) is 0 Å².